The number of carbonyl (C=O) groups is 1. The number of hydrogen-bond donors (Lipinski definition) is 0. The highest BCUT2D eigenvalue weighted by Crippen LogP contribution is 2.29. The first-order valence-electron chi connectivity index (χ1n) is 10.4. The molecule has 0 spiro atoms. The van der Waals surface area contributed by atoms with E-state index in [1.807, 2.05) is 24.6 Å². The van der Waals surface area contributed by atoms with Crippen LogP contribution in [-0.4, -0.2) is 64.7 Å². The van der Waals surface area contributed by atoms with Crippen molar-refractivity contribution in [2.75, 3.05) is 44.0 Å². The minimum absolute atomic E-state index is 0.0737. The van der Waals surface area contributed by atoms with E-state index in [9.17, 15) is 4.79 Å². The molecule has 0 aliphatic carbocycles. The number of aryl methyl sites for hydroxylation is 1. The Balaban J connectivity index is 1.57. The zero-order valence-electron chi connectivity index (χ0n) is 17.9. The Bertz CT molecular complexity index is 999. The highest BCUT2D eigenvalue weighted by molar-refractivity contribution is 7.99. The van der Waals surface area contributed by atoms with Gasteiger partial charge >= 0.3 is 0 Å². The van der Waals surface area contributed by atoms with Crippen molar-refractivity contribution in [2.45, 2.75) is 25.0 Å². The van der Waals surface area contributed by atoms with Crippen LogP contribution in [0.1, 0.15) is 17.4 Å². The van der Waals surface area contributed by atoms with Crippen LogP contribution in [0.2, 0.25) is 0 Å². The fraction of sp³-hybridized carbons (Fsp3) is 0.409. The molecule has 7 nitrogen and oxygen atoms in total. The second kappa shape index (κ2) is 10.3. The van der Waals surface area contributed by atoms with E-state index < -0.39 is 0 Å². The number of carbonyl (C=O) groups excluding carboxylic acids is 1. The summed E-state index contributed by atoms with van der Waals surface area (Å²) in [5.74, 6) is 1.20. The topological polar surface area (TPSA) is 63.5 Å². The lowest BCUT2D eigenvalue weighted by molar-refractivity contribution is -0.127. The molecule has 164 valence electrons. The van der Waals surface area contributed by atoms with Gasteiger partial charge in [0.1, 0.15) is 0 Å². The number of amides is 1. The maximum absolute atomic E-state index is 12.7. The monoisotopic (exact) mass is 457 g/mol. The van der Waals surface area contributed by atoms with Gasteiger partial charge in [-0.2, -0.15) is 0 Å². The molecule has 0 atom stereocenters. The van der Waals surface area contributed by atoms with Crippen LogP contribution in [0.15, 0.2) is 46.9 Å². The van der Waals surface area contributed by atoms with Crippen molar-refractivity contribution in [3.63, 3.8) is 0 Å². The number of rotatable bonds is 8. The lowest BCUT2D eigenvalue weighted by atomic mass is 10.1. The van der Waals surface area contributed by atoms with Gasteiger partial charge in [0, 0.05) is 25.0 Å². The van der Waals surface area contributed by atoms with Gasteiger partial charge in [0.2, 0.25) is 11.9 Å². The Hall–Kier alpha value is -2.36. The number of nitrogens with zero attached hydrogens (tertiary/aromatic N) is 5. The maximum atomic E-state index is 12.7. The van der Waals surface area contributed by atoms with Crippen LogP contribution in [0.4, 0.5) is 5.95 Å². The van der Waals surface area contributed by atoms with Gasteiger partial charge in [0.25, 0.3) is 0 Å². The van der Waals surface area contributed by atoms with Gasteiger partial charge in [0.05, 0.1) is 31.2 Å². The van der Waals surface area contributed by atoms with Crippen LogP contribution in [0.5, 0.6) is 0 Å². The largest absolute Gasteiger partial charge is 0.378 e. The summed E-state index contributed by atoms with van der Waals surface area (Å²) in [6, 6.07) is 12.4. The molecule has 2 aromatic heterocycles. The normalized spacial score (nSPS) is 14.1. The SMILES string of the molecule is CCc1ccccc1-n1c(SCC(=O)N(C)Cc2cccs2)nnc1N1CCOCC1. The van der Waals surface area contributed by atoms with E-state index in [1.165, 1.54) is 22.2 Å². The van der Waals surface area contributed by atoms with Crippen molar-refractivity contribution in [3.8, 4) is 5.69 Å². The van der Waals surface area contributed by atoms with E-state index in [0.29, 0.717) is 25.5 Å². The molecule has 0 saturated carbocycles. The lowest BCUT2D eigenvalue weighted by Crippen LogP contribution is -2.38. The first-order valence-corrected chi connectivity index (χ1v) is 12.3. The molecule has 4 rings (SSSR count). The molecule has 1 amide bonds. The molecule has 1 fully saturated rings. The summed E-state index contributed by atoms with van der Waals surface area (Å²) in [5, 5.41) is 11.8. The number of benzene rings is 1. The van der Waals surface area contributed by atoms with E-state index in [1.54, 1.807) is 16.2 Å². The average molecular weight is 458 g/mol. The summed E-state index contributed by atoms with van der Waals surface area (Å²) in [4.78, 5) is 17.9. The number of thiophene rings is 1. The molecule has 1 aliphatic rings. The zero-order valence-corrected chi connectivity index (χ0v) is 19.5. The van der Waals surface area contributed by atoms with Crippen LogP contribution in [0.3, 0.4) is 0 Å². The predicted molar refractivity (Wildman–Crippen MR) is 125 cm³/mol. The standard InChI is InChI=1S/C22H27N5O2S2/c1-3-17-7-4-5-9-19(17)27-21(26-10-12-29-13-11-26)23-24-22(27)31-16-20(28)25(2)15-18-8-6-14-30-18/h4-9,14H,3,10-13,15-16H2,1-2H3. The Morgan fingerprint density at radius 2 is 2.00 bits per heavy atom. The number of hydrogen-bond acceptors (Lipinski definition) is 7. The third-order valence-corrected chi connectivity index (χ3v) is 7.02. The number of para-hydroxylation sites is 1. The van der Waals surface area contributed by atoms with Gasteiger partial charge in [-0.05, 0) is 29.5 Å². The number of thioether (sulfide) groups is 1. The second-order valence-electron chi connectivity index (χ2n) is 7.32. The number of aromatic nitrogens is 3. The fourth-order valence-electron chi connectivity index (χ4n) is 3.52. The quantitative estimate of drug-likeness (QED) is 0.483. The molecule has 1 saturated heterocycles. The van der Waals surface area contributed by atoms with Crippen molar-refractivity contribution in [1.29, 1.82) is 0 Å². The minimum atomic E-state index is 0.0737. The number of anilines is 1. The third kappa shape index (κ3) is 5.11. The molecule has 0 unspecified atom stereocenters. The van der Waals surface area contributed by atoms with Crippen LogP contribution < -0.4 is 4.90 Å². The van der Waals surface area contributed by atoms with Gasteiger partial charge in [-0.1, -0.05) is 43.0 Å². The van der Waals surface area contributed by atoms with Crippen molar-refractivity contribution in [3.05, 3.63) is 52.2 Å². The van der Waals surface area contributed by atoms with Gasteiger partial charge in [-0.15, -0.1) is 21.5 Å². The first-order chi connectivity index (χ1) is 15.2. The van der Waals surface area contributed by atoms with Crippen molar-refractivity contribution in [2.24, 2.45) is 0 Å². The molecule has 1 aromatic carbocycles. The highest BCUT2D eigenvalue weighted by Gasteiger charge is 2.23. The number of morpholine rings is 1. The Kier molecular flexibility index (Phi) is 7.26. The molecule has 31 heavy (non-hydrogen) atoms. The zero-order chi connectivity index (χ0) is 21.6. The smallest absolute Gasteiger partial charge is 0.233 e. The van der Waals surface area contributed by atoms with E-state index >= 15 is 0 Å². The van der Waals surface area contributed by atoms with E-state index in [2.05, 4.69) is 50.9 Å². The minimum Gasteiger partial charge on any atom is -0.378 e. The third-order valence-electron chi connectivity index (χ3n) is 5.25. The summed E-state index contributed by atoms with van der Waals surface area (Å²) in [7, 11) is 1.85. The second-order valence-corrected chi connectivity index (χ2v) is 9.29. The van der Waals surface area contributed by atoms with Gasteiger partial charge in [-0.3, -0.25) is 9.36 Å². The summed E-state index contributed by atoms with van der Waals surface area (Å²) >= 11 is 3.10. The van der Waals surface area contributed by atoms with Crippen molar-refractivity contribution >= 4 is 35.0 Å². The van der Waals surface area contributed by atoms with E-state index in [-0.39, 0.29) is 5.91 Å². The first kappa shape index (κ1) is 21.9. The van der Waals surface area contributed by atoms with Gasteiger partial charge in [-0.25, -0.2) is 0 Å². The molecule has 0 radical (unpaired) electrons. The van der Waals surface area contributed by atoms with Crippen molar-refractivity contribution in [1.82, 2.24) is 19.7 Å². The summed E-state index contributed by atoms with van der Waals surface area (Å²) < 4.78 is 7.61. The summed E-state index contributed by atoms with van der Waals surface area (Å²) in [6.45, 7) is 5.68. The fourth-order valence-corrected chi connectivity index (χ4v) is 5.16. The molecule has 0 N–H and O–H groups in total. The molecular weight excluding hydrogens is 430 g/mol. The Labute approximate surface area is 191 Å². The van der Waals surface area contributed by atoms with Crippen LogP contribution in [0, 0.1) is 0 Å². The van der Waals surface area contributed by atoms with E-state index in [0.717, 1.165) is 36.3 Å². The van der Waals surface area contributed by atoms with Gasteiger partial charge < -0.3 is 14.5 Å². The molecular formula is C22H27N5O2S2. The van der Waals surface area contributed by atoms with Crippen LogP contribution >= 0.6 is 23.1 Å². The maximum Gasteiger partial charge on any atom is 0.233 e. The van der Waals surface area contributed by atoms with E-state index in [4.69, 9.17) is 4.74 Å². The molecule has 9 heteroatoms. The molecule has 3 aromatic rings. The molecule has 3 heterocycles. The average Bonchev–Trinajstić information content (AvgIpc) is 3.47. The summed E-state index contributed by atoms with van der Waals surface area (Å²) in [5.41, 5.74) is 2.29. The Morgan fingerprint density at radius 3 is 2.74 bits per heavy atom. The van der Waals surface area contributed by atoms with Gasteiger partial charge in [0.15, 0.2) is 5.16 Å². The summed E-state index contributed by atoms with van der Waals surface area (Å²) in [6.07, 6.45) is 0.906. The van der Waals surface area contributed by atoms with Crippen LogP contribution in [0.25, 0.3) is 5.69 Å². The lowest BCUT2D eigenvalue weighted by Gasteiger charge is -2.28. The number of ether oxygens (including phenoxy) is 1. The molecule has 1 aliphatic heterocycles. The van der Waals surface area contributed by atoms with Crippen LogP contribution in [-0.2, 0) is 22.5 Å². The Morgan fingerprint density at radius 1 is 1.19 bits per heavy atom. The molecule has 0 bridgehead atoms. The van der Waals surface area contributed by atoms with Crippen molar-refractivity contribution < 1.29 is 9.53 Å². The predicted octanol–water partition coefficient (Wildman–Crippen LogP) is 3.48. The highest BCUT2D eigenvalue weighted by atomic mass is 32.2.